The van der Waals surface area contributed by atoms with E-state index in [1.54, 1.807) is 0 Å². The number of morpholine rings is 1. The maximum atomic E-state index is 5.48. The largest absolute Gasteiger partial charge is 0.379 e. The summed E-state index contributed by atoms with van der Waals surface area (Å²) in [4.78, 5) is 17.5. The molecule has 4 heterocycles. The van der Waals surface area contributed by atoms with Crippen molar-refractivity contribution in [1.29, 1.82) is 0 Å². The van der Waals surface area contributed by atoms with Gasteiger partial charge in [-0.25, -0.2) is 9.97 Å². The van der Waals surface area contributed by atoms with E-state index in [1.807, 2.05) is 11.3 Å². The van der Waals surface area contributed by atoms with Crippen molar-refractivity contribution in [3.63, 3.8) is 0 Å². The number of hydrogen-bond donors (Lipinski definition) is 0. The minimum atomic E-state index is 0.714. The number of ether oxygens (including phenoxy) is 1. The van der Waals surface area contributed by atoms with Crippen LogP contribution in [-0.4, -0.2) is 54.3 Å². The molecule has 0 aromatic carbocycles. The Morgan fingerprint density at radius 2 is 1.77 bits per heavy atom. The molecular weight excluding hydrogens is 344 g/mol. The van der Waals surface area contributed by atoms with Crippen molar-refractivity contribution in [1.82, 2.24) is 14.9 Å². The van der Waals surface area contributed by atoms with E-state index in [0.29, 0.717) is 11.8 Å². The lowest BCUT2D eigenvalue weighted by molar-refractivity contribution is 0.0331. The first-order valence-electron chi connectivity index (χ1n) is 9.83. The van der Waals surface area contributed by atoms with Crippen molar-refractivity contribution in [3.05, 3.63) is 16.3 Å². The smallest absolute Gasteiger partial charge is 0.146 e. The molecule has 142 valence electrons. The fourth-order valence-electron chi connectivity index (χ4n) is 4.37. The van der Waals surface area contributed by atoms with Gasteiger partial charge in [0.05, 0.1) is 25.1 Å². The molecule has 2 saturated heterocycles. The van der Waals surface area contributed by atoms with E-state index in [4.69, 9.17) is 14.7 Å². The number of piperidine rings is 1. The van der Waals surface area contributed by atoms with E-state index >= 15 is 0 Å². The number of nitrogens with zero attached hydrogens (tertiary/aromatic N) is 4. The van der Waals surface area contributed by atoms with Crippen LogP contribution < -0.4 is 4.90 Å². The second-order valence-electron chi connectivity index (χ2n) is 8.17. The molecule has 2 atom stereocenters. The topological polar surface area (TPSA) is 41.5 Å². The van der Waals surface area contributed by atoms with Crippen molar-refractivity contribution in [2.24, 2.45) is 11.8 Å². The molecule has 0 amide bonds. The van der Waals surface area contributed by atoms with Gasteiger partial charge in [0.2, 0.25) is 0 Å². The molecule has 2 aromatic heterocycles. The molecule has 5 nitrogen and oxygen atoms in total. The summed E-state index contributed by atoms with van der Waals surface area (Å²) in [7, 11) is 0. The molecule has 2 aliphatic heterocycles. The van der Waals surface area contributed by atoms with Crippen LogP contribution in [0.4, 0.5) is 5.82 Å². The first-order chi connectivity index (χ1) is 12.5. The molecule has 0 N–H and O–H groups in total. The van der Waals surface area contributed by atoms with Gasteiger partial charge >= 0.3 is 0 Å². The van der Waals surface area contributed by atoms with Gasteiger partial charge in [0, 0.05) is 31.1 Å². The molecular formula is C20H30N4OS. The van der Waals surface area contributed by atoms with E-state index < -0.39 is 0 Å². The third kappa shape index (κ3) is 3.59. The molecule has 0 bridgehead atoms. The summed E-state index contributed by atoms with van der Waals surface area (Å²) in [5.41, 5.74) is 1.35. The summed E-state index contributed by atoms with van der Waals surface area (Å²) in [6.45, 7) is 15.7. The van der Waals surface area contributed by atoms with Crippen LogP contribution in [0, 0.1) is 25.7 Å². The highest BCUT2D eigenvalue weighted by Gasteiger charge is 2.26. The summed E-state index contributed by atoms with van der Waals surface area (Å²) < 4.78 is 5.48. The Labute approximate surface area is 160 Å². The van der Waals surface area contributed by atoms with Crippen LogP contribution in [0.25, 0.3) is 10.2 Å². The highest BCUT2D eigenvalue weighted by atomic mass is 32.1. The molecule has 2 aromatic rings. The normalized spacial score (nSPS) is 25.2. The zero-order chi connectivity index (χ0) is 18.3. The van der Waals surface area contributed by atoms with Gasteiger partial charge in [-0.2, -0.15) is 0 Å². The molecule has 0 saturated carbocycles. The van der Waals surface area contributed by atoms with Gasteiger partial charge in [-0.15, -0.1) is 11.3 Å². The Morgan fingerprint density at radius 3 is 2.46 bits per heavy atom. The van der Waals surface area contributed by atoms with Gasteiger partial charge in [0.15, 0.2) is 0 Å². The number of rotatable bonds is 3. The summed E-state index contributed by atoms with van der Waals surface area (Å²) in [6.07, 6.45) is 1.31. The Morgan fingerprint density at radius 1 is 1.08 bits per heavy atom. The minimum Gasteiger partial charge on any atom is -0.379 e. The maximum Gasteiger partial charge on any atom is 0.146 e. The van der Waals surface area contributed by atoms with Crippen LogP contribution in [0.5, 0.6) is 0 Å². The molecule has 0 spiro atoms. The number of aryl methyl sites for hydroxylation is 2. The van der Waals surface area contributed by atoms with E-state index in [9.17, 15) is 0 Å². The third-order valence-corrected chi connectivity index (χ3v) is 6.79. The average molecular weight is 375 g/mol. The van der Waals surface area contributed by atoms with Crippen LogP contribution in [0.15, 0.2) is 0 Å². The van der Waals surface area contributed by atoms with Crippen molar-refractivity contribution >= 4 is 27.4 Å². The number of anilines is 1. The van der Waals surface area contributed by atoms with Crippen molar-refractivity contribution in [2.75, 3.05) is 44.3 Å². The molecule has 2 aliphatic rings. The van der Waals surface area contributed by atoms with Crippen LogP contribution in [-0.2, 0) is 11.3 Å². The lowest BCUT2D eigenvalue weighted by Gasteiger charge is -2.36. The molecule has 0 radical (unpaired) electrons. The van der Waals surface area contributed by atoms with E-state index in [0.717, 1.165) is 56.6 Å². The summed E-state index contributed by atoms with van der Waals surface area (Å²) in [6, 6.07) is 0. The predicted molar refractivity (Wildman–Crippen MR) is 108 cm³/mol. The number of hydrogen-bond acceptors (Lipinski definition) is 6. The summed E-state index contributed by atoms with van der Waals surface area (Å²) in [5.74, 6) is 3.55. The summed E-state index contributed by atoms with van der Waals surface area (Å²) >= 11 is 1.81. The fourth-order valence-corrected chi connectivity index (χ4v) is 5.41. The van der Waals surface area contributed by atoms with E-state index in [2.05, 4.69) is 37.5 Å². The highest BCUT2D eigenvalue weighted by Crippen LogP contribution is 2.37. The van der Waals surface area contributed by atoms with Gasteiger partial charge in [-0.05, 0) is 37.7 Å². The van der Waals surface area contributed by atoms with Crippen molar-refractivity contribution in [2.45, 2.75) is 40.7 Å². The van der Waals surface area contributed by atoms with Crippen LogP contribution in [0.2, 0.25) is 0 Å². The molecule has 26 heavy (non-hydrogen) atoms. The van der Waals surface area contributed by atoms with E-state index in [1.165, 1.54) is 28.1 Å². The Balaban J connectivity index is 1.73. The lowest BCUT2D eigenvalue weighted by Crippen LogP contribution is -2.40. The Hall–Kier alpha value is -1.24. The van der Waals surface area contributed by atoms with E-state index in [-0.39, 0.29) is 0 Å². The van der Waals surface area contributed by atoms with Crippen LogP contribution in [0.3, 0.4) is 0 Å². The zero-order valence-corrected chi connectivity index (χ0v) is 17.2. The van der Waals surface area contributed by atoms with Crippen molar-refractivity contribution in [3.8, 4) is 0 Å². The van der Waals surface area contributed by atoms with Gasteiger partial charge < -0.3 is 9.64 Å². The van der Waals surface area contributed by atoms with Gasteiger partial charge in [-0.3, -0.25) is 4.90 Å². The maximum absolute atomic E-state index is 5.48. The quantitative estimate of drug-likeness (QED) is 0.821. The molecule has 2 fully saturated rings. The van der Waals surface area contributed by atoms with Gasteiger partial charge in [-0.1, -0.05) is 13.8 Å². The Kier molecular flexibility index (Phi) is 5.17. The van der Waals surface area contributed by atoms with Crippen LogP contribution in [0.1, 0.15) is 36.5 Å². The molecule has 6 heteroatoms. The zero-order valence-electron chi connectivity index (χ0n) is 16.4. The monoisotopic (exact) mass is 374 g/mol. The van der Waals surface area contributed by atoms with Crippen LogP contribution >= 0.6 is 11.3 Å². The molecule has 4 rings (SSSR count). The number of thiophene rings is 1. The SMILES string of the molecule is Cc1sc2nc(CN3CCOCC3)nc(N3CC(C)CC(C)C3)c2c1C. The molecule has 2 unspecified atom stereocenters. The standard InChI is InChI=1S/C20H30N4OS/c1-13-9-14(2)11-24(10-13)19-18-15(3)16(4)26-20(18)22-17(21-19)12-23-5-7-25-8-6-23/h13-14H,5-12H2,1-4H3. The molecule has 0 aliphatic carbocycles. The highest BCUT2D eigenvalue weighted by molar-refractivity contribution is 7.18. The lowest BCUT2D eigenvalue weighted by atomic mass is 9.92. The second kappa shape index (κ2) is 7.41. The van der Waals surface area contributed by atoms with Crippen molar-refractivity contribution < 1.29 is 4.74 Å². The fraction of sp³-hybridized carbons (Fsp3) is 0.700. The average Bonchev–Trinajstić information content (AvgIpc) is 2.88. The first-order valence-corrected chi connectivity index (χ1v) is 10.6. The third-order valence-electron chi connectivity index (χ3n) is 5.69. The summed E-state index contributed by atoms with van der Waals surface area (Å²) in [5, 5.41) is 1.28. The second-order valence-corrected chi connectivity index (χ2v) is 9.37. The first kappa shape index (κ1) is 18.1. The Bertz CT molecular complexity index is 774. The number of aromatic nitrogens is 2. The number of fused-ring (bicyclic) bond motifs is 1. The predicted octanol–water partition coefficient (Wildman–Crippen LogP) is 3.62. The van der Waals surface area contributed by atoms with Gasteiger partial charge in [0.1, 0.15) is 16.5 Å². The minimum absolute atomic E-state index is 0.714. The van der Waals surface area contributed by atoms with Gasteiger partial charge in [0.25, 0.3) is 0 Å².